The number of aliphatic hydroxyl groups excluding tert-OH is 1. The molecular formula is C18H18N6O2. The molecular weight excluding hydrogens is 332 g/mol. The van der Waals surface area contributed by atoms with Gasteiger partial charge in [0.05, 0.1) is 12.0 Å². The average Bonchev–Trinajstić information content (AvgIpc) is 3.11. The van der Waals surface area contributed by atoms with Gasteiger partial charge in [0.2, 0.25) is 0 Å². The van der Waals surface area contributed by atoms with Crippen molar-refractivity contribution < 1.29 is 9.90 Å². The molecule has 2 aromatic heterocycles. The quantitative estimate of drug-likeness (QED) is 0.480. The van der Waals surface area contributed by atoms with Crippen LogP contribution < -0.4 is 16.0 Å². The van der Waals surface area contributed by atoms with E-state index in [1.807, 2.05) is 18.2 Å². The maximum absolute atomic E-state index is 12.1. The Morgan fingerprint density at radius 1 is 1.27 bits per heavy atom. The summed E-state index contributed by atoms with van der Waals surface area (Å²) in [5, 5.41) is 18.7. The van der Waals surface area contributed by atoms with Crippen molar-refractivity contribution in [2.45, 2.75) is 0 Å². The van der Waals surface area contributed by atoms with Crippen molar-refractivity contribution in [2.75, 3.05) is 30.3 Å². The van der Waals surface area contributed by atoms with E-state index in [1.54, 1.807) is 6.07 Å². The van der Waals surface area contributed by atoms with E-state index in [-0.39, 0.29) is 19.1 Å². The summed E-state index contributed by atoms with van der Waals surface area (Å²) in [6.45, 7) is 0.915. The van der Waals surface area contributed by atoms with Gasteiger partial charge in [0, 0.05) is 24.5 Å². The minimum atomic E-state index is -0.298. The summed E-state index contributed by atoms with van der Waals surface area (Å²) in [6.07, 6.45) is 5.58. The molecule has 0 saturated heterocycles. The molecule has 0 aliphatic carbocycles. The van der Waals surface area contributed by atoms with Crippen LogP contribution in [-0.4, -0.2) is 45.7 Å². The zero-order valence-electron chi connectivity index (χ0n) is 13.9. The molecule has 1 aromatic carbocycles. The highest BCUT2D eigenvalue weighted by Gasteiger charge is 2.13. The standard InChI is InChI=1S/C18H18N6O2/c25-7-6-20-18(26)15-9-13-16(21-10-22-17(13)24-15)23-12-3-4-14-11(8-12)2-1-5-19-14/h1-4,8-10,19,25H,5-7H2,(H,20,26)(H2,21,22,23,24). The van der Waals surface area contributed by atoms with E-state index >= 15 is 0 Å². The van der Waals surface area contributed by atoms with Crippen LogP contribution in [0.15, 0.2) is 36.7 Å². The second-order valence-corrected chi connectivity index (χ2v) is 5.86. The second-order valence-electron chi connectivity index (χ2n) is 5.86. The number of anilines is 3. The van der Waals surface area contributed by atoms with Crippen LogP contribution in [0.25, 0.3) is 17.1 Å². The maximum Gasteiger partial charge on any atom is 0.267 e. The number of rotatable bonds is 5. The van der Waals surface area contributed by atoms with E-state index in [0.29, 0.717) is 22.5 Å². The Hall–Kier alpha value is -3.39. The molecule has 5 N–H and O–H groups in total. The number of hydrogen-bond donors (Lipinski definition) is 5. The summed E-state index contributed by atoms with van der Waals surface area (Å²) in [4.78, 5) is 23.5. The first-order chi connectivity index (χ1) is 12.7. The molecule has 1 aliphatic heterocycles. The van der Waals surface area contributed by atoms with Gasteiger partial charge in [-0.15, -0.1) is 0 Å². The number of amides is 1. The van der Waals surface area contributed by atoms with Crippen molar-refractivity contribution >= 4 is 40.2 Å². The summed E-state index contributed by atoms with van der Waals surface area (Å²) in [5.41, 5.74) is 4.02. The first-order valence-corrected chi connectivity index (χ1v) is 8.29. The van der Waals surface area contributed by atoms with Crippen molar-refractivity contribution in [3.05, 3.63) is 47.9 Å². The predicted octanol–water partition coefficient (Wildman–Crippen LogP) is 1.86. The predicted molar refractivity (Wildman–Crippen MR) is 101 cm³/mol. The molecule has 8 nitrogen and oxygen atoms in total. The molecule has 4 rings (SSSR count). The number of benzene rings is 1. The third-order valence-corrected chi connectivity index (χ3v) is 4.09. The highest BCUT2D eigenvalue weighted by atomic mass is 16.3. The Labute approximate surface area is 149 Å². The molecule has 1 amide bonds. The Kier molecular flexibility index (Phi) is 4.24. The Morgan fingerprint density at radius 2 is 2.19 bits per heavy atom. The SMILES string of the molecule is O=C(NCCO)c1cc2c(Nc3ccc4c(c3)C=CCN4)ncnc2[nH]1. The fraction of sp³-hybridized carbons (Fsp3) is 0.167. The van der Waals surface area contributed by atoms with Crippen LogP contribution in [0.1, 0.15) is 16.1 Å². The molecule has 132 valence electrons. The van der Waals surface area contributed by atoms with Crippen LogP contribution in [0.4, 0.5) is 17.2 Å². The molecule has 3 aromatic rings. The maximum atomic E-state index is 12.1. The topological polar surface area (TPSA) is 115 Å². The molecule has 1 aliphatic rings. The first kappa shape index (κ1) is 16.1. The minimum Gasteiger partial charge on any atom is -0.395 e. The molecule has 3 heterocycles. The molecule has 0 unspecified atom stereocenters. The molecule has 8 heteroatoms. The van der Waals surface area contributed by atoms with E-state index in [1.165, 1.54) is 6.33 Å². The number of fused-ring (bicyclic) bond motifs is 2. The number of nitrogens with zero attached hydrogens (tertiary/aromatic N) is 2. The lowest BCUT2D eigenvalue weighted by Crippen LogP contribution is -2.26. The van der Waals surface area contributed by atoms with Gasteiger partial charge in [-0.25, -0.2) is 9.97 Å². The van der Waals surface area contributed by atoms with Gasteiger partial charge in [0.15, 0.2) is 0 Å². The van der Waals surface area contributed by atoms with Gasteiger partial charge in [-0.2, -0.15) is 0 Å². The van der Waals surface area contributed by atoms with Gasteiger partial charge in [0.1, 0.15) is 23.5 Å². The summed E-state index contributed by atoms with van der Waals surface area (Å²) in [7, 11) is 0. The Bertz CT molecular complexity index is 995. The van der Waals surface area contributed by atoms with E-state index in [2.05, 4.69) is 43.1 Å². The van der Waals surface area contributed by atoms with E-state index in [4.69, 9.17) is 5.11 Å². The molecule has 26 heavy (non-hydrogen) atoms. The van der Waals surface area contributed by atoms with Gasteiger partial charge in [0.25, 0.3) is 5.91 Å². The van der Waals surface area contributed by atoms with Crippen molar-refractivity contribution in [1.82, 2.24) is 20.3 Å². The molecule has 0 spiro atoms. The summed E-state index contributed by atoms with van der Waals surface area (Å²) in [6, 6.07) is 7.72. The van der Waals surface area contributed by atoms with E-state index < -0.39 is 0 Å². The minimum absolute atomic E-state index is 0.111. The average molecular weight is 350 g/mol. The lowest BCUT2D eigenvalue weighted by molar-refractivity contribution is 0.0940. The molecule has 0 fully saturated rings. The summed E-state index contributed by atoms with van der Waals surface area (Å²) < 4.78 is 0. The number of hydrogen-bond acceptors (Lipinski definition) is 6. The smallest absolute Gasteiger partial charge is 0.267 e. The number of aromatic nitrogens is 3. The van der Waals surface area contributed by atoms with Crippen LogP contribution in [0, 0.1) is 0 Å². The second kappa shape index (κ2) is 6.85. The number of aliphatic hydroxyl groups is 1. The number of carbonyl (C=O) groups is 1. The van der Waals surface area contributed by atoms with Crippen molar-refractivity contribution in [3.63, 3.8) is 0 Å². The Morgan fingerprint density at radius 3 is 3.08 bits per heavy atom. The van der Waals surface area contributed by atoms with Crippen LogP contribution in [-0.2, 0) is 0 Å². The third-order valence-electron chi connectivity index (χ3n) is 4.09. The Balaban J connectivity index is 1.63. The van der Waals surface area contributed by atoms with Crippen LogP contribution in [0.3, 0.4) is 0 Å². The highest BCUT2D eigenvalue weighted by Crippen LogP contribution is 2.28. The fourth-order valence-electron chi connectivity index (χ4n) is 2.86. The highest BCUT2D eigenvalue weighted by molar-refractivity contribution is 6.00. The van der Waals surface area contributed by atoms with Gasteiger partial charge >= 0.3 is 0 Å². The van der Waals surface area contributed by atoms with E-state index in [9.17, 15) is 4.79 Å². The van der Waals surface area contributed by atoms with E-state index in [0.717, 1.165) is 23.5 Å². The number of aromatic amines is 1. The third kappa shape index (κ3) is 3.09. The fourth-order valence-corrected chi connectivity index (χ4v) is 2.86. The first-order valence-electron chi connectivity index (χ1n) is 8.29. The zero-order valence-corrected chi connectivity index (χ0v) is 13.9. The summed E-state index contributed by atoms with van der Waals surface area (Å²) >= 11 is 0. The molecule has 0 radical (unpaired) electrons. The summed E-state index contributed by atoms with van der Waals surface area (Å²) in [5.74, 6) is 0.313. The van der Waals surface area contributed by atoms with Crippen molar-refractivity contribution in [1.29, 1.82) is 0 Å². The molecule has 0 bridgehead atoms. The number of H-pyrrole nitrogens is 1. The van der Waals surface area contributed by atoms with Gasteiger partial charge in [-0.05, 0) is 29.8 Å². The van der Waals surface area contributed by atoms with Crippen molar-refractivity contribution in [2.24, 2.45) is 0 Å². The lowest BCUT2D eigenvalue weighted by atomic mass is 10.1. The largest absolute Gasteiger partial charge is 0.395 e. The monoisotopic (exact) mass is 350 g/mol. The lowest BCUT2D eigenvalue weighted by Gasteiger charge is -2.14. The van der Waals surface area contributed by atoms with Gasteiger partial charge in [-0.1, -0.05) is 12.2 Å². The van der Waals surface area contributed by atoms with Crippen molar-refractivity contribution in [3.8, 4) is 0 Å². The number of nitrogens with one attached hydrogen (secondary N) is 4. The van der Waals surface area contributed by atoms with Crippen LogP contribution >= 0.6 is 0 Å². The normalized spacial score (nSPS) is 12.5. The van der Waals surface area contributed by atoms with Gasteiger partial charge < -0.3 is 26.0 Å². The molecule has 0 atom stereocenters. The van der Waals surface area contributed by atoms with Gasteiger partial charge in [-0.3, -0.25) is 4.79 Å². The molecule has 0 saturated carbocycles. The van der Waals surface area contributed by atoms with Crippen LogP contribution in [0.2, 0.25) is 0 Å². The zero-order chi connectivity index (χ0) is 17.9. The van der Waals surface area contributed by atoms with Crippen LogP contribution in [0.5, 0.6) is 0 Å². The number of carbonyl (C=O) groups excluding carboxylic acids is 1.